The van der Waals surface area contributed by atoms with E-state index in [1.807, 2.05) is 60.6 Å². The zero-order valence-corrected chi connectivity index (χ0v) is 24.8. The third-order valence-corrected chi connectivity index (χ3v) is 6.15. The van der Waals surface area contributed by atoms with Crippen LogP contribution in [0.25, 0.3) is 6.08 Å². The lowest BCUT2D eigenvalue weighted by Gasteiger charge is -2.19. The normalized spacial score (nSPS) is 13.8. The molecule has 0 fully saturated rings. The van der Waals surface area contributed by atoms with E-state index >= 15 is 0 Å². The third-order valence-electron chi connectivity index (χ3n) is 5.35. The molecule has 0 amide bonds. The van der Waals surface area contributed by atoms with Gasteiger partial charge in [0, 0.05) is 17.2 Å². The van der Waals surface area contributed by atoms with Crippen molar-refractivity contribution < 1.29 is 23.8 Å². The maximum absolute atomic E-state index is 14.2. The second-order valence-electron chi connectivity index (χ2n) is 9.07. The van der Waals surface area contributed by atoms with Crippen LogP contribution in [0.4, 0.5) is 4.39 Å². The summed E-state index contributed by atoms with van der Waals surface area (Å²) >= 11 is 1.68. The molecule has 1 N–H and O–H groups in total. The molecule has 0 bridgehead atoms. The predicted molar refractivity (Wildman–Crippen MR) is 151 cm³/mol. The number of carbonyl (C=O) groups excluding carboxylic acids is 2. The van der Waals surface area contributed by atoms with E-state index in [-0.39, 0.29) is 37.3 Å². The van der Waals surface area contributed by atoms with Crippen molar-refractivity contribution in [1.82, 2.24) is 4.98 Å². The number of aryl methyl sites for hydroxylation is 1. The second kappa shape index (κ2) is 22.3. The minimum absolute atomic E-state index is 0.00987. The molecule has 0 saturated carbocycles. The van der Waals surface area contributed by atoms with Gasteiger partial charge in [0.25, 0.3) is 0 Å². The van der Waals surface area contributed by atoms with E-state index in [2.05, 4.69) is 17.3 Å². The van der Waals surface area contributed by atoms with E-state index in [0.29, 0.717) is 24.3 Å². The van der Waals surface area contributed by atoms with Crippen molar-refractivity contribution >= 4 is 29.2 Å². The summed E-state index contributed by atoms with van der Waals surface area (Å²) in [5.74, 6) is 0.217. The summed E-state index contributed by atoms with van der Waals surface area (Å²) in [6.45, 7) is 17.6. The predicted octanol–water partition coefficient (Wildman–Crippen LogP) is 7.76. The first-order valence-electron chi connectivity index (χ1n) is 13.2. The highest BCUT2D eigenvalue weighted by molar-refractivity contribution is 7.09. The lowest BCUT2D eigenvalue weighted by atomic mass is 9.86. The van der Waals surface area contributed by atoms with E-state index in [0.717, 1.165) is 23.5 Å². The number of esters is 1. The zero-order chi connectivity index (χ0) is 28.1. The van der Waals surface area contributed by atoms with Crippen LogP contribution in [0.2, 0.25) is 0 Å². The molecule has 0 saturated heterocycles. The van der Waals surface area contributed by atoms with Crippen LogP contribution in [0.3, 0.4) is 0 Å². The van der Waals surface area contributed by atoms with Gasteiger partial charge in [0.1, 0.15) is 12.0 Å². The topological polar surface area (TPSA) is 76.5 Å². The van der Waals surface area contributed by atoms with Crippen LogP contribution in [0.1, 0.15) is 98.2 Å². The number of ether oxygens (including phenoxy) is 1. The SMILES string of the molecule is C/C(=C/CCOC(=O)CCO)C(F)CCC(C)CC(C)C(=O)C(C)C.C/C=C\c1csc(C)n1.CC. The molecule has 0 aromatic carbocycles. The fourth-order valence-corrected chi connectivity index (χ4v) is 4.02. The molecular weight excluding hydrogens is 477 g/mol. The Morgan fingerprint density at radius 3 is 2.33 bits per heavy atom. The lowest BCUT2D eigenvalue weighted by Crippen LogP contribution is -2.19. The highest BCUT2D eigenvalue weighted by Gasteiger charge is 2.20. The van der Waals surface area contributed by atoms with Crippen LogP contribution in [-0.2, 0) is 14.3 Å². The van der Waals surface area contributed by atoms with Gasteiger partial charge in [0.05, 0.1) is 30.3 Å². The minimum atomic E-state index is -1.01. The number of thiazole rings is 1. The van der Waals surface area contributed by atoms with Crippen LogP contribution in [0.15, 0.2) is 23.1 Å². The Balaban J connectivity index is 0. The Hall–Kier alpha value is -1.86. The maximum Gasteiger partial charge on any atom is 0.308 e. The standard InChI is InChI=1S/C20H35FO4.C7H9NS.C2H6/c1-14(2)20(24)17(5)13-15(3)8-9-18(21)16(4)7-6-12-25-19(23)10-11-22;1-3-4-7-5-9-6(2)8-7;1-2/h7,14-15,17-18,22H,6,8-13H2,1-5H3;3-5H,1-2H3;1-2H3/b16-7-;4-3-;. The molecule has 1 heterocycles. The monoisotopic (exact) mass is 527 g/mol. The summed E-state index contributed by atoms with van der Waals surface area (Å²) in [5, 5.41) is 11.8. The van der Waals surface area contributed by atoms with Crippen molar-refractivity contribution in [1.29, 1.82) is 0 Å². The zero-order valence-electron chi connectivity index (χ0n) is 24.0. The van der Waals surface area contributed by atoms with E-state index in [4.69, 9.17) is 9.84 Å². The number of aliphatic hydroxyl groups excluding tert-OH is 1. The number of allylic oxidation sites excluding steroid dienone is 2. The first kappa shape index (κ1) is 36.3. The van der Waals surface area contributed by atoms with Gasteiger partial charge < -0.3 is 9.84 Å². The number of aromatic nitrogens is 1. The van der Waals surface area contributed by atoms with Gasteiger partial charge in [-0.3, -0.25) is 9.59 Å². The molecule has 0 spiro atoms. The van der Waals surface area contributed by atoms with Gasteiger partial charge in [-0.05, 0) is 64.0 Å². The van der Waals surface area contributed by atoms with Gasteiger partial charge in [-0.2, -0.15) is 0 Å². The van der Waals surface area contributed by atoms with Crippen molar-refractivity contribution in [2.75, 3.05) is 13.2 Å². The van der Waals surface area contributed by atoms with Crippen molar-refractivity contribution in [3.05, 3.63) is 33.8 Å². The van der Waals surface area contributed by atoms with Crippen LogP contribution in [0, 0.1) is 24.7 Å². The number of alkyl halides is 1. The Bertz CT molecular complexity index is 773. The molecule has 208 valence electrons. The second-order valence-corrected chi connectivity index (χ2v) is 10.1. The highest BCUT2D eigenvalue weighted by atomic mass is 32.1. The fraction of sp³-hybridized carbons (Fsp3) is 0.690. The maximum atomic E-state index is 14.2. The van der Waals surface area contributed by atoms with E-state index in [1.165, 1.54) is 0 Å². The van der Waals surface area contributed by atoms with Gasteiger partial charge in [-0.15, -0.1) is 11.3 Å². The largest absolute Gasteiger partial charge is 0.465 e. The Morgan fingerprint density at radius 1 is 1.19 bits per heavy atom. The molecule has 0 aliphatic carbocycles. The number of Topliss-reactive ketones (excluding diaryl/α,β-unsaturated/α-hetero) is 1. The Morgan fingerprint density at radius 2 is 1.83 bits per heavy atom. The molecule has 0 aliphatic heterocycles. The summed E-state index contributed by atoms with van der Waals surface area (Å²) in [7, 11) is 0. The smallest absolute Gasteiger partial charge is 0.308 e. The molecular formula is C29H50FNO4S. The van der Waals surface area contributed by atoms with Crippen LogP contribution < -0.4 is 0 Å². The third kappa shape index (κ3) is 18.4. The number of rotatable bonds is 14. The van der Waals surface area contributed by atoms with Crippen LogP contribution >= 0.6 is 11.3 Å². The number of hydrogen-bond acceptors (Lipinski definition) is 6. The molecule has 7 heteroatoms. The molecule has 0 radical (unpaired) electrons. The number of halogens is 1. The number of ketones is 1. The quantitative estimate of drug-likeness (QED) is 0.152. The molecule has 1 aromatic heterocycles. The van der Waals surface area contributed by atoms with Crippen molar-refractivity contribution in [2.45, 2.75) is 101 Å². The molecule has 3 atom stereocenters. The molecule has 1 aromatic rings. The molecule has 1 rings (SSSR count). The van der Waals surface area contributed by atoms with Gasteiger partial charge >= 0.3 is 5.97 Å². The number of hydrogen-bond donors (Lipinski definition) is 1. The van der Waals surface area contributed by atoms with Gasteiger partial charge in [0.15, 0.2) is 0 Å². The molecule has 5 nitrogen and oxygen atoms in total. The number of aliphatic hydroxyl groups is 1. The molecule has 3 unspecified atom stereocenters. The Labute approximate surface area is 223 Å². The van der Waals surface area contributed by atoms with E-state index in [9.17, 15) is 14.0 Å². The minimum Gasteiger partial charge on any atom is -0.465 e. The van der Waals surface area contributed by atoms with Crippen molar-refractivity contribution in [3.63, 3.8) is 0 Å². The summed E-state index contributed by atoms with van der Waals surface area (Å²) < 4.78 is 19.1. The van der Waals surface area contributed by atoms with E-state index in [1.54, 1.807) is 24.3 Å². The van der Waals surface area contributed by atoms with Gasteiger partial charge in [-0.25, -0.2) is 9.37 Å². The van der Waals surface area contributed by atoms with Gasteiger partial charge in [0.2, 0.25) is 0 Å². The van der Waals surface area contributed by atoms with Crippen LogP contribution in [-0.4, -0.2) is 41.2 Å². The molecule has 36 heavy (non-hydrogen) atoms. The van der Waals surface area contributed by atoms with Crippen molar-refractivity contribution in [3.8, 4) is 0 Å². The lowest BCUT2D eigenvalue weighted by molar-refractivity contribution is -0.144. The van der Waals surface area contributed by atoms with E-state index < -0.39 is 12.1 Å². The first-order chi connectivity index (χ1) is 17.0. The summed E-state index contributed by atoms with van der Waals surface area (Å²) in [6.07, 6.45) is 7.19. The highest BCUT2D eigenvalue weighted by Crippen LogP contribution is 2.23. The first-order valence-corrected chi connectivity index (χ1v) is 14.0. The molecule has 0 aliphatic rings. The average Bonchev–Trinajstić information content (AvgIpc) is 3.26. The summed E-state index contributed by atoms with van der Waals surface area (Å²) in [5.41, 5.74) is 1.72. The average molecular weight is 528 g/mol. The summed E-state index contributed by atoms with van der Waals surface area (Å²) in [4.78, 5) is 27.2. The number of nitrogens with zero attached hydrogens (tertiary/aromatic N) is 1. The van der Waals surface area contributed by atoms with Crippen molar-refractivity contribution in [2.24, 2.45) is 17.8 Å². The number of carbonyl (C=O) groups is 2. The Kier molecular flexibility index (Phi) is 22.5. The van der Waals surface area contributed by atoms with Crippen LogP contribution in [0.5, 0.6) is 0 Å². The van der Waals surface area contributed by atoms with Gasteiger partial charge in [-0.1, -0.05) is 53.7 Å². The fourth-order valence-electron chi connectivity index (χ4n) is 3.44. The summed E-state index contributed by atoms with van der Waals surface area (Å²) in [6, 6.07) is 0.